The van der Waals surface area contributed by atoms with Crippen molar-refractivity contribution in [2.75, 3.05) is 26.7 Å². The summed E-state index contributed by atoms with van der Waals surface area (Å²) in [5, 5.41) is 3.30. The number of methoxy groups -OCH3 is 1. The van der Waals surface area contributed by atoms with Crippen LogP contribution in [-0.4, -0.2) is 39.5 Å². The number of aryl methyl sites for hydroxylation is 1. The maximum atomic E-state index is 13.2. The third-order valence-electron chi connectivity index (χ3n) is 4.24. The monoisotopic (exact) mass is 402 g/mol. The Kier molecular flexibility index (Phi) is 6.87. The molecule has 1 aliphatic heterocycles. The van der Waals surface area contributed by atoms with Crippen LogP contribution in [0.1, 0.15) is 23.4 Å². The third kappa shape index (κ3) is 4.01. The predicted octanol–water partition coefficient (Wildman–Crippen LogP) is 3.08. The Morgan fingerprint density at radius 2 is 2.04 bits per heavy atom. The molecule has 3 rings (SSSR count). The van der Waals surface area contributed by atoms with E-state index in [0.717, 1.165) is 16.9 Å². The Morgan fingerprint density at radius 3 is 2.72 bits per heavy atom. The van der Waals surface area contributed by atoms with E-state index in [4.69, 9.17) is 4.74 Å². The van der Waals surface area contributed by atoms with Crippen molar-refractivity contribution in [2.24, 2.45) is 0 Å². The Bertz CT molecular complexity index is 808. The summed E-state index contributed by atoms with van der Waals surface area (Å²) < 4.78 is 33.8. The number of hydrogen-bond acceptors (Lipinski definition) is 5. The van der Waals surface area contributed by atoms with Gasteiger partial charge in [-0.3, -0.25) is 0 Å². The third-order valence-corrected chi connectivity index (χ3v) is 7.85. The highest BCUT2D eigenvalue weighted by atomic mass is 35.5. The molecule has 0 spiro atoms. The average molecular weight is 403 g/mol. The molecule has 1 aromatic carbocycles. The molecule has 2 aromatic rings. The second kappa shape index (κ2) is 8.51. The molecule has 0 bridgehead atoms. The number of hydrogen-bond donors (Lipinski definition) is 1. The molecule has 1 fully saturated rings. The van der Waals surface area contributed by atoms with E-state index in [-0.39, 0.29) is 18.4 Å². The van der Waals surface area contributed by atoms with Gasteiger partial charge >= 0.3 is 0 Å². The standard InChI is InChI=1S/C17H22N2O3S2.ClH/c1-3-13-8-9-17(23-13)24(20,21)19-11-10-18-12-15(19)14-6-4-5-7-16(14)22-2;/h4-9,15,18H,3,10-12H2,1-2H3;1H. The minimum Gasteiger partial charge on any atom is -0.496 e. The molecule has 0 amide bonds. The zero-order valence-corrected chi connectivity index (χ0v) is 16.7. The average Bonchev–Trinajstić information content (AvgIpc) is 3.12. The van der Waals surface area contributed by atoms with Crippen LogP contribution in [0.2, 0.25) is 0 Å². The van der Waals surface area contributed by atoms with E-state index in [1.807, 2.05) is 37.3 Å². The normalized spacial score (nSPS) is 18.6. The number of sulfonamides is 1. The van der Waals surface area contributed by atoms with E-state index in [1.165, 1.54) is 11.3 Å². The maximum absolute atomic E-state index is 13.2. The van der Waals surface area contributed by atoms with Crippen molar-refractivity contribution >= 4 is 33.8 Å². The van der Waals surface area contributed by atoms with Gasteiger partial charge in [-0.15, -0.1) is 23.7 Å². The zero-order chi connectivity index (χ0) is 17.2. The van der Waals surface area contributed by atoms with Gasteiger partial charge in [0.25, 0.3) is 10.0 Å². The lowest BCUT2D eigenvalue weighted by Crippen LogP contribution is -2.48. The molecule has 1 unspecified atom stereocenters. The Morgan fingerprint density at radius 1 is 1.28 bits per heavy atom. The van der Waals surface area contributed by atoms with Crippen LogP contribution in [-0.2, 0) is 16.4 Å². The fourth-order valence-electron chi connectivity index (χ4n) is 2.98. The second-order valence-electron chi connectivity index (χ2n) is 5.65. The lowest BCUT2D eigenvalue weighted by molar-refractivity contribution is 0.265. The smallest absolute Gasteiger partial charge is 0.253 e. The number of benzene rings is 1. The van der Waals surface area contributed by atoms with Gasteiger partial charge in [0.15, 0.2) is 0 Å². The van der Waals surface area contributed by atoms with Crippen molar-refractivity contribution in [3.63, 3.8) is 0 Å². The van der Waals surface area contributed by atoms with Crippen LogP contribution in [0.3, 0.4) is 0 Å². The molecule has 1 atom stereocenters. The summed E-state index contributed by atoms with van der Waals surface area (Å²) in [6.07, 6.45) is 0.845. The molecular formula is C17H23ClN2O3S2. The summed E-state index contributed by atoms with van der Waals surface area (Å²) in [5.41, 5.74) is 0.892. The number of ether oxygens (including phenoxy) is 1. The molecule has 25 heavy (non-hydrogen) atoms. The lowest BCUT2D eigenvalue weighted by atomic mass is 10.0. The summed E-state index contributed by atoms with van der Waals surface area (Å²) in [6.45, 7) is 3.71. The topological polar surface area (TPSA) is 58.6 Å². The van der Waals surface area contributed by atoms with Crippen LogP contribution in [0.4, 0.5) is 0 Å². The quantitative estimate of drug-likeness (QED) is 0.834. The van der Waals surface area contributed by atoms with Gasteiger partial charge in [-0.1, -0.05) is 25.1 Å². The second-order valence-corrected chi connectivity index (χ2v) is 8.94. The van der Waals surface area contributed by atoms with Gasteiger partial charge < -0.3 is 10.1 Å². The molecule has 138 valence electrons. The summed E-state index contributed by atoms with van der Waals surface area (Å²) in [5.74, 6) is 0.715. The summed E-state index contributed by atoms with van der Waals surface area (Å²) >= 11 is 1.36. The van der Waals surface area contributed by atoms with E-state index >= 15 is 0 Å². The predicted molar refractivity (Wildman–Crippen MR) is 103 cm³/mol. The molecule has 1 aromatic heterocycles. The van der Waals surface area contributed by atoms with Crippen molar-refractivity contribution in [3.8, 4) is 5.75 Å². The minimum atomic E-state index is -3.52. The van der Waals surface area contributed by atoms with Crippen molar-refractivity contribution < 1.29 is 13.2 Å². The SMILES string of the molecule is CCc1ccc(S(=O)(=O)N2CCNCC2c2ccccc2OC)s1.Cl. The first-order valence-electron chi connectivity index (χ1n) is 8.02. The Hall–Kier alpha value is -1.12. The molecule has 0 aliphatic carbocycles. The van der Waals surface area contributed by atoms with Crippen LogP contribution >= 0.6 is 23.7 Å². The number of piperazine rings is 1. The van der Waals surface area contributed by atoms with Crippen LogP contribution in [0.5, 0.6) is 5.75 Å². The number of nitrogens with one attached hydrogen (secondary N) is 1. The lowest BCUT2D eigenvalue weighted by Gasteiger charge is -2.35. The van der Waals surface area contributed by atoms with Gasteiger partial charge in [-0.2, -0.15) is 4.31 Å². The van der Waals surface area contributed by atoms with Crippen LogP contribution in [0, 0.1) is 0 Å². The molecule has 1 aliphatic rings. The largest absolute Gasteiger partial charge is 0.496 e. The van der Waals surface area contributed by atoms with Crippen LogP contribution in [0.15, 0.2) is 40.6 Å². The van der Waals surface area contributed by atoms with E-state index in [0.29, 0.717) is 29.6 Å². The molecular weight excluding hydrogens is 380 g/mol. The number of thiophene rings is 1. The highest BCUT2D eigenvalue weighted by molar-refractivity contribution is 7.91. The van der Waals surface area contributed by atoms with E-state index in [2.05, 4.69) is 5.32 Å². The van der Waals surface area contributed by atoms with Crippen molar-refractivity contribution in [1.82, 2.24) is 9.62 Å². The number of halogens is 1. The highest BCUT2D eigenvalue weighted by Gasteiger charge is 2.36. The zero-order valence-electron chi connectivity index (χ0n) is 14.3. The molecule has 0 saturated carbocycles. The van der Waals surface area contributed by atoms with Crippen molar-refractivity contribution in [1.29, 1.82) is 0 Å². The number of nitrogens with zero attached hydrogens (tertiary/aromatic N) is 1. The number of para-hydroxylation sites is 1. The summed E-state index contributed by atoms with van der Waals surface area (Å²) in [4.78, 5) is 1.08. The molecule has 1 saturated heterocycles. The van der Waals surface area contributed by atoms with Gasteiger partial charge in [-0.05, 0) is 24.6 Å². The van der Waals surface area contributed by atoms with Gasteiger partial charge in [0.1, 0.15) is 9.96 Å². The summed E-state index contributed by atoms with van der Waals surface area (Å²) in [7, 11) is -1.91. The van der Waals surface area contributed by atoms with E-state index in [1.54, 1.807) is 17.5 Å². The van der Waals surface area contributed by atoms with Crippen molar-refractivity contribution in [2.45, 2.75) is 23.6 Å². The van der Waals surface area contributed by atoms with Gasteiger partial charge in [0, 0.05) is 30.1 Å². The molecule has 0 radical (unpaired) electrons. The fraction of sp³-hybridized carbons (Fsp3) is 0.412. The van der Waals surface area contributed by atoms with Crippen LogP contribution < -0.4 is 10.1 Å². The fourth-order valence-corrected chi connectivity index (χ4v) is 6.01. The van der Waals surface area contributed by atoms with Gasteiger partial charge in [0.2, 0.25) is 0 Å². The number of rotatable bonds is 5. The van der Waals surface area contributed by atoms with E-state index in [9.17, 15) is 8.42 Å². The Balaban J connectivity index is 0.00000225. The van der Waals surface area contributed by atoms with E-state index < -0.39 is 10.0 Å². The molecule has 8 heteroatoms. The first-order chi connectivity index (χ1) is 11.6. The molecule has 2 heterocycles. The molecule has 1 N–H and O–H groups in total. The van der Waals surface area contributed by atoms with Crippen LogP contribution in [0.25, 0.3) is 0 Å². The van der Waals surface area contributed by atoms with Gasteiger partial charge in [-0.25, -0.2) is 8.42 Å². The first kappa shape index (κ1) is 20.2. The maximum Gasteiger partial charge on any atom is 0.253 e. The minimum absolute atomic E-state index is 0. The summed E-state index contributed by atoms with van der Waals surface area (Å²) in [6, 6.07) is 11.0. The highest BCUT2D eigenvalue weighted by Crippen LogP contribution is 2.35. The van der Waals surface area contributed by atoms with Gasteiger partial charge in [0.05, 0.1) is 13.2 Å². The van der Waals surface area contributed by atoms with Crippen molar-refractivity contribution in [3.05, 3.63) is 46.8 Å². The first-order valence-corrected chi connectivity index (χ1v) is 10.3. The molecule has 5 nitrogen and oxygen atoms in total. The Labute approximate surface area is 159 Å².